The zero-order valence-electron chi connectivity index (χ0n) is 11.5. The molecule has 1 fully saturated rings. The standard InChI is InChI=1S/C11H20N2O6S/c1-3-19-10(16)12-20(17,18)13-11(9(14)15)6-4-8(2)5-7-11/h8,13H,3-7H2,1-2H3,(H,12,16)(H,14,15). The van der Waals surface area contributed by atoms with Crippen LogP contribution in [-0.4, -0.2) is 37.7 Å². The maximum atomic E-state index is 11.8. The van der Waals surface area contributed by atoms with E-state index >= 15 is 0 Å². The van der Waals surface area contributed by atoms with Crippen LogP contribution < -0.4 is 9.44 Å². The number of carbonyl (C=O) groups is 2. The smallest absolute Gasteiger partial charge is 0.421 e. The summed E-state index contributed by atoms with van der Waals surface area (Å²) < 4.78 is 31.7. The van der Waals surface area contributed by atoms with Gasteiger partial charge in [-0.25, -0.2) is 9.52 Å². The Bertz CT molecular complexity index is 467. The molecule has 0 aromatic carbocycles. The molecule has 1 aliphatic carbocycles. The summed E-state index contributed by atoms with van der Waals surface area (Å²) in [5.41, 5.74) is -1.56. The Kier molecular flexibility index (Phi) is 5.35. The van der Waals surface area contributed by atoms with Gasteiger partial charge in [0.2, 0.25) is 0 Å². The third kappa shape index (κ3) is 4.34. The minimum atomic E-state index is -4.28. The van der Waals surface area contributed by atoms with Crippen molar-refractivity contribution in [2.45, 2.75) is 45.1 Å². The topological polar surface area (TPSA) is 122 Å². The molecule has 0 aromatic rings. The highest BCUT2D eigenvalue weighted by atomic mass is 32.2. The fraction of sp³-hybridized carbons (Fsp3) is 0.818. The molecule has 116 valence electrons. The monoisotopic (exact) mass is 308 g/mol. The number of amides is 1. The maximum Gasteiger partial charge on any atom is 0.421 e. The van der Waals surface area contributed by atoms with E-state index in [0.717, 1.165) is 0 Å². The van der Waals surface area contributed by atoms with Crippen LogP contribution in [0.25, 0.3) is 0 Å². The van der Waals surface area contributed by atoms with Gasteiger partial charge in [-0.2, -0.15) is 13.1 Å². The van der Waals surface area contributed by atoms with Gasteiger partial charge in [-0.1, -0.05) is 6.92 Å². The zero-order valence-corrected chi connectivity index (χ0v) is 12.3. The molecule has 20 heavy (non-hydrogen) atoms. The van der Waals surface area contributed by atoms with Crippen LogP contribution in [-0.2, 0) is 19.7 Å². The lowest BCUT2D eigenvalue weighted by atomic mass is 9.78. The van der Waals surface area contributed by atoms with Gasteiger partial charge in [0.15, 0.2) is 0 Å². The fourth-order valence-electron chi connectivity index (χ4n) is 2.17. The van der Waals surface area contributed by atoms with E-state index in [1.165, 1.54) is 6.92 Å². The quantitative estimate of drug-likeness (QED) is 0.683. The highest BCUT2D eigenvalue weighted by molar-refractivity contribution is 7.88. The summed E-state index contributed by atoms with van der Waals surface area (Å²) in [6, 6.07) is 0. The van der Waals surface area contributed by atoms with Crippen LogP contribution >= 0.6 is 0 Å². The third-order valence-corrected chi connectivity index (χ3v) is 4.45. The lowest BCUT2D eigenvalue weighted by Crippen LogP contribution is -2.59. The van der Waals surface area contributed by atoms with E-state index in [2.05, 4.69) is 9.46 Å². The molecule has 3 N–H and O–H groups in total. The number of hydrogen-bond acceptors (Lipinski definition) is 5. The summed E-state index contributed by atoms with van der Waals surface area (Å²) in [5.74, 6) is -0.886. The van der Waals surface area contributed by atoms with Crippen molar-refractivity contribution in [2.24, 2.45) is 5.92 Å². The lowest BCUT2D eigenvalue weighted by Gasteiger charge is -2.35. The maximum absolute atomic E-state index is 11.8. The molecule has 0 aliphatic heterocycles. The van der Waals surface area contributed by atoms with E-state index in [0.29, 0.717) is 18.8 Å². The Morgan fingerprint density at radius 3 is 2.35 bits per heavy atom. The number of carboxylic acid groups (broad SMARTS) is 1. The highest BCUT2D eigenvalue weighted by Gasteiger charge is 2.44. The van der Waals surface area contributed by atoms with Gasteiger partial charge in [0.25, 0.3) is 0 Å². The van der Waals surface area contributed by atoms with Crippen LogP contribution in [0.2, 0.25) is 0 Å². The van der Waals surface area contributed by atoms with Gasteiger partial charge >= 0.3 is 22.3 Å². The predicted octanol–water partition coefficient (Wildman–Crippen LogP) is 0.600. The first-order valence-electron chi connectivity index (χ1n) is 6.42. The van der Waals surface area contributed by atoms with Crippen molar-refractivity contribution in [3.05, 3.63) is 0 Å². The van der Waals surface area contributed by atoms with Crippen LogP contribution in [0.3, 0.4) is 0 Å². The third-order valence-electron chi connectivity index (χ3n) is 3.36. The second-order valence-electron chi connectivity index (χ2n) is 5.00. The molecular weight excluding hydrogens is 288 g/mol. The molecule has 0 atom stereocenters. The van der Waals surface area contributed by atoms with Gasteiger partial charge in [0.05, 0.1) is 6.61 Å². The molecule has 1 aliphatic rings. The SMILES string of the molecule is CCOC(=O)NS(=O)(=O)NC1(C(=O)O)CCC(C)CC1. The Hall–Kier alpha value is -1.35. The molecule has 0 radical (unpaired) electrons. The molecular formula is C11H20N2O6S. The number of hydrogen-bond donors (Lipinski definition) is 3. The molecule has 0 heterocycles. The summed E-state index contributed by atoms with van der Waals surface area (Å²) in [4.78, 5) is 22.5. The highest BCUT2D eigenvalue weighted by Crippen LogP contribution is 2.32. The summed E-state index contributed by atoms with van der Waals surface area (Å²) in [6.45, 7) is 3.53. The molecule has 0 unspecified atom stereocenters. The van der Waals surface area contributed by atoms with Crippen molar-refractivity contribution >= 4 is 22.3 Å². The fourth-order valence-corrected chi connectivity index (χ4v) is 3.30. The van der Waals surface area contributed by atoms with Crippen LogP contribution in [0.15, 0.2) is 0 Å². The summed E-state index contributed by atoms with van der Waals surface area (Å²) >= 11 is 0. The zero-order chi connectivity index (χ0) is 15.4. The van der Waals surface area contributed by atoms with Gasteiger partial charge in [0, 0.05) is 0 Å². The Morgan fingerprint density at radius 1 is 1.35 bits per heavy atom. The van der Waals surface area contributed by atoms with Gasteiger partial charge < -0.3 is 9.84 Å². The first-order valence-corrected chi connectivity index (χ1v) is 7.91. The average molecular weight is 308 g/mol. The van der Waals surface area contributed by atoms with E-state index in [9.17, 15) is 23.1 Å². The van der Waals surface area contributed by atoms with Gasteiger partial charge in [-0.05, 0) is 38.5 Å². The number of nitrogens with one attached hydrogen (secondary N) is 2. The van der Waals surface area contributed by atoms with Crippen LogP contribution in [0.5, 0.6) is 0 Å². The number of rotatable bonds is 5. The minimum absolute atomic E-state index is 0.0168. The average Bonchev–Trinajstić information content (AvgIpc) is 2.31. The second-order valence-corrected chi connectivity index (χ2v) is 6.41. The van der Waals surface area contributed by atoms with Crippen molar-refractivity contribution in [3.63, 3.8) is 0 Å². The van der Waals surface area contributed by atoms with Crippen LogP contribution in [0.4, 0.5) is 4.79 Å². The van der Waals surface area contributed by atoms with Gasteiger partial charge in [-0.3, -0.25) is 4.79 Å². The molecule has 8 nitrogen and oxygen atoms in total. The van der Waals surface area contributed by atoms with Gasteiger partial charge in [-0.15, -0.1) is 0 Å². The molecule has 1 saturated carbocycles. The van der Waals surface area contributed by atoms with Crippen molar-refractivity contribution in [3.8, 4) is 0 Å². The van der Waals surface area contributed by atoms with Gasteiger partial charge in [0.1, 0.15) is 5.54 Å². The second kappa shape index (κ2) is 6.40. The van der Waals surface area contributed by atoms with E-state index in [-0.39, 0.29) is 19.4 Å². The van der Waals surface area contributed by atoms with E-state index in [4.69, 9.17) is 0 Å². The lowest BCUT2D eigenvalue weighted by molar-refractivity contribution is -0.145. The molecule has 1 amide bonds. The Balaban J connectivity index is 2.80. The molecule has 9 heteroatoms. The number of carboxylic acids is 1. The first kappa shape index (κ1) is 16.7. The molecule has 1 rings (SSSR count). The molecule has 0 bridgehead atoms. The van der Waals surface area contributed by atoms with E-state index in [1.807, 2.05) is 6.92 Å². The summed E-state index contributed by atoms with van der Waals surface area (Å²) in [7, 11) is -4.28. The van der Waals surface area contributed by atoms with Crippen molar-refractivity contribution in [2.75, 3.05) is 6.61 Å². The largest absolute Gasteiger partial charge is 0.480 e. The molecule has 0 spiro atoms. The first-order chi connectivity index (χ1) is 9.21. The normalized spacial score (nSPS) is 26.8. The van der Waals surface area contributed by atoms with Crippen LogP contribution in [0, 0.1) is 5.92 Å². The number of aliphatic carboxylic acids is 1. The van der Waals surface area contributed by atoms with Crippen LogP contribution in [0.1, 0.15) is 39.5 Å². The predicted molar refractivity (Wildman–Crippen MR) is 70.2 cm³/mol. The van der Waals surface area contributed by atoms with E-state index in [1.54, 1.807) is 4.72 Å². The van der Waals surface area contributed by atoms with Crippen molar-refractivity contribution in [1.82, 2.24) is 9.44 Å². The van der Waals surface area contributed by atoms with Crippen molar-refractivity contribution < 1.29 is 27.9 Å². The number of carbonyl (C=O) groups excluding carboxylic acids is 1. The Morgan fingerprint density at radius 2 is 1.90 bits per heavy atom. The Labute approximate surface area is 118 Å². The van der Waals surface area contributed by atoms with Crippen molar-refractivity contribution in [1.29, 1.82) is 0 Å². The van der Waals surface area contributed by atoms with E-state index < -0.39 is 27.8 Å². The minimum Gasteiger partial charge on any atom is -0.480 e. The molecule has 0 aromatic heterocycles. The number of ether oxygens (including phenoxy) is 1. The molecule has 0 saturated heterocycles. The summed E-state index contributed by atoms with van der Waals surface area (Å²) in [5, 5.41) is 9.30. The summed E-state index contributed by atoms with van der Waals surface area (Å²) in [6.07, 6.45) is 0.452.